The lowest BCUT2D eigenvalue weighted by Crippen LogP contribution is -2.25. The summed E-state index contributed by atoms with van der Waals surface area (Å²) in [5.41, 5.74) is 0. The van der Waals surface area contributed by atoms with Gasteiger partial charge in [0.1, 0.15) is 19.3 Å². The van der Waals surface area contributed by atoms with Crippen LogP contribution in [0.4, 0.5) is 0 Å². The van der Waals surface area contributed by atoms with Crippen molar-refractivity contribution in [2.24, 2.45) is 0 Å². The Kier molecular flexibility index (Phi) is 33.0. The zero-order valence-electron chi connectivity index (χ0n) is 29.0. The average Bonchev–Trinajstić information content (AvgIpc) is 3.04. The van der Waals surface area contributed by atoms with Gasteiger partial charge in [0.2, 0.25) is 0 Å². The molecule has 0 amide bonds. The maximum atomic E-state index is 11.9. The third-order valence-electron chi connectivity index (χ3n) is 7.73. The molecule has 0 radical (unpaired) electrons. The summed E-state index contributed by atoms with van der Waals surface area (Å²) in [7, 11) is 0. The van der Waals surface area contributed by atoms with Gasteiger partial charge < -0.3 is 19.7 Å². The summed E-state index contributed by atoms with van der Waals surface area (Å²) in [5, 5.41) is 19.5. The Bertz CT molecular complexity index is 784. The SMILES string of the molecule is CCCCCCCCCCCCCCCC(=O)OC[C@H](O)COC(=O)CCC/C=C\C/C=C\C/C=C\C/C=C\CC[C@@H](O)CC. The predicted molar refractivity (Wildman–Crippen MR) is 188 cm³/mol. The van der Waals surface area contributed by atoms with E-state index < -0.39 is 6.10 Å². The van der Waals surface area contributed by atoms with Gasteiger partial charge >= 0.3 is 11.9 Å². The average molecular weight is 633 g/mol. The number of allylic oxidation sites excluding steroid dienone is 8. The van der Waals surface area contributed by atoms with Crippen molar-refractivity contribution in [3.63, 3.8) is 0 Å². The highest BCUT2D eigenvalue weighted by atomic mass is 16.6. The number of carbonyl (C=O) groups excluding carboxylic acids is 2. The summed E-state index contributed by atoms with van der Waals surface area (Å²) in [5.74, 6) is -0.647. The standard InChI is InChI=1S/C39H68O6/c1-3-5-6-7-8-9-10-13-17-20-23-26-29-32-38(42)44-34-37(41)35-45-39(43)33-30-27-24-21-18-15-12-11-14-16-19-22-25-28-31-36(40)4-2/h12,14-16,21-22,24-25,36-37,40-41H,3-11,13,17-20,23,26-35H2,1-2H3/b15-12-,16-14-,24-21-,25-22-/t36-,37-/m0/s1. The van der Waals surface area contributed by atoms with Crippen molar-refractivity contribution in [3.8, 4) is 0 Å². The van der Waals surface area contributed by atoms with Crippen molar-refractivity contribution in [2.45, 2.75) is 174 Å². The van der Waals surface area contributed by atoms with E-state index in [1.165, 1.54) is 64.2 Å². The second-order valence-electron chi connectivity index (χ2n) is 12.1. The van der Waals surface area contributed by atoms with Crippen LogP contribution >= 0.6 is 0 Å². The molecular formula is C39H68O6. The molecule has 0 saturated heterocycles. The lowest BCUT2D eigenvalue weighted by atomic mass is 10.0. The second kappa shape index (κ2) is 34.7. The minimum atomic E-state index is -0.993. The van der Waals surface area contributed by atoms with Crippen molar-refractivity contribution in [1.82, 2.24) is 0 Å². The van der Waals surface area contributed by atoms with Gasteiger partial charge in [-0.25, -0.2) is 0 Å². The van der Waals surface area contributed by atoms with E-state index in [1.54, 1.807) is 0 Å². The van der Waals surface area contributed by atoms with Crippen molar-refractivity contribution in [1.29, 1.82) is 0 Å². The summed E-state index contributed by atoms with van der Waals surface area (Å²) in [6.45, 7) is 3.96. The third kappa shape index (κ3) is 34.5. The highest BCUT2D eigenvalue weighted by Gasteiger charge is 2.12. The van der Waals surface area contributed by atoms with Crippen LogP contribution in [-0.2, 0) is 19.1 Å². The first-order chi connectivity index (χ1) is 22.0. The van der Waals surface area contributed by atoms with Gasteiger partial charge in [0.25, 0.3) is 0 Å². The number of hydrogen-bond donors (Lipinski definition) is 2. The lowest BCUT2D eigenvalue weighted by Gasteiger charge is -2.12. The number of aliphatic hydroxyl groups is 2. The smallest absolute Gasteiger partial charge is 0.305 e. The molecule has 0 aromatic heterocycles. The van der Waals surface area contributed by atoms with E-state index in [0.29, 0.717) is 19.3 Å². The molecule has 0 aliphatic carbocycles. The summed E-state index contributed by atoms with van der Waals surface area (Å²) >= 11 is 0. The van der Waals surface area contributed by atoms with Crippen LogP contribution in [0.15, 0.2) is 48.6 Å². The van der Waals surface area contributed by atoms with Crippen LogP contribution in [0.3, 0.4) is 0 Å². The molecule has 0 heterocycles. The Morgan fingerprint density at radius 1 is 0.511 bits per heavy atom. The maximum absolute atomic E-state index is 11.9. The zero-order valence-corrected chi connectivity index (χ0v) is 29.0. The van der Waals surface area contributed by atoms with Gasteiger partial charge in [-0.3, -0.25) is 9.59 Å². The van der Waals surface area contributed by atoms with Gasteiger partial charge in [-0.2, -0.15) is 0 Å². The minimum Gasteiger partial charge on any atom is -0.463 e. The van der Waals surface area contributed by atoms with E-state index in [2.05, 4.69) is 55.5 Å². The molecule has 0 aliphatic heterocycles. The fourth-order valence-corrected chi connectivity index (χ4v) is 4.76. The Morgan fingerprint density at radius 2 is 0.911 bits per heavy atom. The quantitative estimate of drug-likeness (QED) is 0.0435. The van der Waals surface area contributed by atoms with Crippen LogP contribution < -0.4 is 0 Å². The first kappa shape index (κ1) is 42.8. The van der Waals surface area contributed by atoms with E-state index >= 15 is 0 Å². The molecule has 6 heteroatoms. The highest BCUT2D eigenvalue weighted by molar-refractivity contribution is 5.69. The lowest BCUT2D eigenvalue weighted by molar-refractivity contribution is -0.152. The summed E-state index contributed by atoms with van der Waals surface area (Å²) < 4.78 is 10.3. The molecule has 0 bridgehead atoms. The van der Waals surface area contributed by atoms with Crippen molar-refractivity contribution < 1.29 is 29.3 Å². The number of rotatable bonds is 32. The zero-order chi connectivity index (χ0) is 33.1. The maximum Gasteiger partial charge on any atom is 0.305 e. The Morgan fingerprint density at radius 3 is 1.38 bits per heavy atom. The van der Waals surface area contributed by atoms with E-state index in [-0.39, 0.29) is 31.3 Å². The molecule has 6 nitrogen and oxygen atoms in total. The van der Waals surface area contributed by atoms with E-state index in [4.69, 9.17) is 9.47 Å². The molecule has 0 fully saturated rings. The van der Waals surface area contributed by atoms with E-state index in [9.17, 15) is 19.8 Å². The van der Waals surface area contributed by atoms with Crippen molar-refractivity contribution >= 4 is 11.9 Å². The number of unbranched alkanes of at least 4 members (excludes halogenated alkanes) is 13. The van der Waals surface area contributed by atoms with Crippen molar-refractivity contribution in [3.05, 3.63) is 48.6 Å². The molecule has 2 atom stereocenters. The Labute approximate surface area is 276 Å². The molecule has 0 aromatic carbocycles. The molecule has 45 heavy (non-hydrogen) atoms. The normalized spacial score (nSPS) is 13.4. The summed E-state index contributed by atoms with van der Waals surface area (Å²) in [6.07, 6.45) is 39.6. The molecule has 0 saturated carbocycles. The number of esters is 2. The third-order valence-corrected chi connectivity index (χ3v) is 7.73. The molecule has 0 aromatic rings. The van der Waals surface area contributed by atoms with Crippen LogP contribution in [0, 0.1) is 0 Å². The van der Waals surface area contributed by atoms with Gasteiger partial charge in [-0.1, -0.05) is 140 Å². The number of carbonyl (C=O) groups is 2. The van der Waals surface area contributed by atoms with Gasteiger partial charge in [0.15, 0.2) is 0 Å². The highest BCUT2D eigenvalue weighted by Crippen LogP contribution is 2.13. The van der Waals surface area contributed by atoms with Gasteiger partial charge in [-0.15, -0.1) is 0 Å². The first-order valence-corrected chi connectivity index (χ1v) is 18.3. The van der Waals surface area contributed by atoms with Crippen LogP contribution in [0.25, 0.3) is 0 Å². The van der Waals surface area contributed by atoms with Gasteiger partial charge in [0, 0.05) is 12.8 Å². The molecular weight excluding hydrogens is 564 g/mol. The summed E-state index contributed by atoms with van der Waals surface area (Å²) in [4.78, 5) is 23.8. The first-order valence-electron chi connectivity index (χ1n) is 18.3. The number of hydrogen-bond acceptors (Lipinski definition) is 6. The van der Waals surface area contributed by atoms with E-state index in [0.717, 1.165) is 64.2 Å². The van der Waals surface area contributed by atoms with Crippen LogP contribution in [0.2, 0.25) is 0 Å². The predicted octanol–water partition coefficient (Wildman–Crippen LogP) is 10.0. The molecule has 0 rings (SSSR count). The fourth-order valence-electron chi connectivity index (χ4n) is 4.76. The minimum absolute atomic E-state index is 0.140. The van der Waals surface area contributed by atoms with Crippen LogP contribution in [-0.4, -0.2) is 47.6 Å². The molecule has 0 spiro atoms. The largest absolute Gasteiger partial charge is 0.463 e. The summed E-state index contributed by atoms with van der Waals surface area (Å²) in [6, 6.07) is 0. The number of aliphatic hydroxyl groups excluding tert-OH is 2. The monoisotopic (exact) mass is 633 g/mol. The Hall–Kier alpha value is -2.18. The van der Waals surface area contributed by atoms with Gasteiger partial charge in [-0.05, 0) is 57.8 Å². The second-order valence-corrected chi connectivity index (χ2v) is 12.1. The molecule has 0 aliphatic rings. The van der Waals surface area contributed by atoms with Gasteiger partial charge in [0.05, 0.1) is 6.10 Å². The van der Waals surface area contributed by atoms with Crippen LogP contribution in [0.5, 0.6) is 0 Å². The topological polar surface area (TPSA) is 93.1 Å². The molecule has 2 N–H and O–H groups in total. The fraction of sp³-hybridized carbons (Fsp3) is 0.744. The molecule has 0 unspecified atom stereocenters. The van der Waals surface area contributed by atoms with Crippen LogP contribution in [0.1, 0.15) is 162 Å². The number of ether oxygens (including phenoxy) is 2. The molecule has 260 valence electrons. The Balaban J connectivity index is 3.57. The van der Waals surface area contributed by atoms with Crippen molar-refractivity contribution in [2.75, 3.05) is 13.2 Å². The van der Waals surface area contributed by atoms with E-state index in [1.807, 2.05) is 6.92 Å².